The Morgan fingerprint density at radius 1 is 1.33 bits per heavy atom. The minimum Gasteiger partial charge on any atom is -0.493 e. The van der Waals surface area contributed by atoms with Crippen LogP contribution in [0.5, 0.6) is 5.75 Å². The van der Waals surface area contributed by atoms with E-state index >= 15 is 0 Å². The third-order valence-corrected chi connectivity index (χ3v) is 4.00. The molecule has 1 fully saturated rings. The summed E-state index contributed by atoms with van der Waals surface area (Å²) in [6, 6.07) is 6.53. The van der Waals surface area contributed by atoms with Crippen LogP contribution >= 0.6 is 0 Å². The minimum absolute atomic E-state index is 0.233. The van der Waals surface area contributed by atoms with Gasteiger partial charge in [-0.25, -0.2) is 0 Å². The first-order valence-electron chi connectivity index (χ1n) is 7.97. The molecule has 1 aromatic rings. The van der Waals surface area contributed by atoms with Gasteiger partial charge in [0.2, 0.25) is 5.91 Å². The van der Waals surface area contributed by atoms with Gasteiger partial charge in [-0.05, 0) is 49.8 Å². The van der Waals surface area contributed by atoms with E-state index in [1.807, 2.05) is 12.1 Å². The molecule has 0 bridgehead atoms. The molecule has 0 aromatic heterocycles. The van der Waals surface area contributed by atoms with Gasteiger partial charge in [0.05, 0.1) is 13.0 Å². The SMILES string of the molecule is Cc1cccc(OCCC(=O)N(CC(C)C)C2CC2)c1C. The Balaban J connectivity index is 1.84. The van der Waals surface area contributed by atoms with Gasteiger partial charge in [0.15, 0.2) is 0 Å². The summed E-state index contributed by atoms with van der Waals surface area (Å²) in [5, 5.41) is 0. The summed E-state index contributed by atoms with van der Waals surface area (Å²) in [4.78, 5) is 14.4. The summed E-state index contributed by atoms with van der Waals surface area (Å²) in [6.07, 6.45) is 2.79. The summed E-state index contributed by atoms with van der Waals surface area (Å²) in [5.74, 6) is 1.65. The Morgan fingerprint density at radius 2 is 2.05 bits per heavy atom. The number of ether oxygens (including phenoxy) is 1. The molecule has 116 valence electrons. The van der Waals surface area contributed by atoms with E-state index in [-0.39, 0.29) is 5.91 Å². The van der Waals surface area contributed by atoms with Gasteiger partial charge >= 0.3 is 0 Å². The molecule has 21 heavy (non-hydrogen) atoms. The zero-order valence-electron chi connectivity index (χ0n) is 13.7. The van der Waals surface area contributed by atoms with E-state index < -0.39 is 0 Å². The highest BCUT2D eigenvalue weighted by atomic mass is 16.5. The van der Waals surface area contributed by atoms with Crippen molar-refractivity contribution in [2.75, 3.05) is 13.2 Å². The van der Waals surface area contributed by atoms with Crippen molar-refractivity contribution in [1.82, 2.24) is 4.90 Å². The second kappa shape index (κ2) is 6.97. The molecule has 1 aromatic carbocycles. The molecule has 1 saturated carbocycles. The normalized spacial score (nSPS) is 14.3. The van der Waals surface area contributed by atoms with Crippen molar-refractivity contribution in [3.8, 4) is 5.75 Å². The zero-order chi connectivity index (χ0) is 15.4. The lowest BCUT2D eigenvalue weighted by Crippen LogP contribution is -2.36. The molecule has 3 nitrogen and oxygen atoms in total. The molecular weight excluding hydrogens is 262 g/mol. The van der Waals surface area contributed by atoms with Crippen LogP contribution in [0.25, 0.3) is 0 Å². The van der Waals surface area contributed by atoms with Gasteiger partial charge < -0.3 is 9.64 Å². The fourth-order valence-corrected chi connectivity index (χ4v) is 2.51. The van der Waals surface area contributed by atoms with E-state index in [9.17, 15) is 4.79 Å². The zero-order valence-corrected chi connectivity index (χ0v) is 13.7. The first kappa shape index (κ1) is 15.9. The van der Waals surface area contributed by atoms with E-state index in [0.717, 1.165) is 30.7 Å². The average Bonchev–Trinajstić information content (AvgIpc) is 3.25. The van der Waals surface area contributed by atoms with Crippen LogP contribution in [0.3, 0.4) is 0 Å². The van der Waals surface area contributed by atoms with Gasteiger partial charge in [-0.15, -0.1) is 0 Å². The Bertz CT molecular complexity index is 492. The molecule has 1 aliphatic carbocycles. The van der Waals surface area contributed by atoms with E-state index in [4.69, 9.17) is 4.74 Å². The minimum atomic E-state index is 0.233. The van der Waals surface area contributed by atoms with E-state index in [0.29, 0.717) is 25.0 Å². The number of hydrogen-bond donors (Lipinski definition) is 0. The van der Waals surface area contributed by atoms with Crippen molar-refractivity contribution in [2.24, 2.45) is 5.92 Å². The maximum absolute atomic E-state index is 12.3. The fraction of sp³-hybridized carbons (Fsp3) is 0.611. The Labute approximate surface area is 128 Å². The second-order valence-electron chi connectivity index (χ2n) is 6.47. The van der Waals surface area contributed by atoms with Gasteiger partial charge in [-0.3, -0.25) is 4.79 Å². The van der Waals surface area contributed by atoms with Crippen LogP contribution in [0, 0.1) is 19.8 Å². The number of aryl methyl sites for hydroxylation is 1. The number of carbonyl (C=O) groups is 1. The maximum Gasteiger partial charge on any atom is 0.226 e. The molecule has 0 N–H and O–H groups in total. The fourth-order valence-electron chi connectivity index (χ4n) is 2.51. The summed E-state index contributed by atoms with van der Waals surface area (Å²) in [6.45, 7) is 9.79. The van der Waals surface area contributed by atoms with E-state index in [1.165, 1.54) is 5.56 Å². The monoisotopic (exact) mass is 289 g/mol. The first-order valence-corrected chi connectivity index (χ1v) is 7.97. The van der Waals surface area contributed by atoms with Crippen molar-refractivity contribution >= 4 is 5.91 Å². The highest BCUT2D eigenvalue weighted by molar-refractivity contribution is 5.77. The number of nitrogens with zero attached hydrogens (tertiary/aromatic N) is 1. The number of amides is 1. The molecule has 0 saturated heterocycles. The van der Waals surface area contributed by atoms with Gasteiger partial charge in [-0.1, -0.05) is 26.0 Å². The molecule has 0 atom stereocenters. The van der Waals surface area contributed by atoms with Crippen molar-refractivity contribution in [3.63, 3.8) is 0 Å². The van der Waals surface area contributed by atoms with Crippen LogP contribution in [-0.2, 0) is 4.79 Å². The van der Waals surface area contributed by atoms with Gasteiger partial charge in [-0.2, -0.15) is 0 Å². The van der Waals surface area contributed by atoms with Crippen LogP contribution in [-0.4, -0.2) is 30.0 Å². The standard InChI is InChI=1S/C18H27NO2/c1-13(2)12-19(16-8-9-16)18(20)10-11-21-17-7-5-6-14(3)15(17)4/h5-7,13,16H,8-12H2,1-4H3. The third-order valence-electron chi connectivity index (χ3n) is 4.00. The highest BCUT2D eigenvalue weighted by Gasteiger charge is 2.32. The largest absolute Gasteiger partial charge is 0.493 e. The number of hydrogen-bond acceptors (Lipinski definition) is 2. The Morgan fingerprint density at radius 3 is 2.67 bits per heavy atom. The van der Waals surface area contributed by atoms with E-state index in [2.05, 4.69) is 38.7 Å². The van der Waals surface area contributed by atoms with E-state index in [1.54, 1.807) is 0 Å². The third kappa shape index (κ3) is 4.48. The van der Waals surface area contributed by atoms with Crippen molar-refractivity contribution in [2.45, 2.75) is 53.0 Å². The van der Waals surface area contributed by atoms with Crippen LogP contribution in [0.4, 0.5) is 0 Å². The smallest absolute Gasteiger partial charge is 0.226 e. The quantitative estimate of drug-likeness (QED) is 0.765. The summed E-state index contributed by atoms with van der Waals surface area (Å²) in [7, 11) is 0. The number of rotatable bonds is 7. The molecule has 2 rings (SSSR count). The van der Waals surface area contributed by atoms with Crippen molar-refractivity contribution in [1.29, 1.82) is 0 Å². The first-order chi connectivity index (χ1) is 9.99. The Hall–Kier alpha value is -1.51. The topological polar surface area (TPSA) is 29.5 Å². The summed E-state index contributed by atoms with van der Waals surface area (Å²) in [5.41, 5.74) is 2.38. The maximum atomic E-state index is 12.3. The van der Waals surface area contributed by atoms with Crippen LogP contribution < -0.4 is 4.74 Å². The van der Waals surface area contributed by atoms with Gasteiger partial charge in [0.25, 0.3) is 0 Å². The lowest BCUT2D eigenvalue weighted by atomic mass is 10.1. The molecule has 1 aliphatic rings. The molecule has 0 aliphatic heterocycles. The molecule has 3 heteroatoms. The predicted octanol–water partition coefficient (Wildman–Crippen LogP) is 3.72. The molecule has 0 radical (unpaired) electrons. The van der Waals surface area contributed by atoms with Crippen LogP contribution in [0.2, 0.25) is 0 Å². The summed E-state index contributed by atoms with van der Waals surface area (Å²) >= 11 is 0. The predicted molar refractivity (Wildman–Crippen MR) is 85.6 cm³/mol. The van der Waals surface area contributed by atoms with Crippen molar-refractivity contribution < 1.29 is 9.53 Å². The summed E-state index contributed by atoms with van der Waals surface area (Å²) < 4.78 is 5.80. The van der Waals surface area contributed by atoms with Crippen LogP contribution in [0.15, 0.2) is 18.2 Å². The van der Waals surface area contributed by atoms with Gasteiger partial charge in [0.1, 0.15) is 5.75 Å². The van der Waals surface area contributed by atoms with Gasteiger partial charge in [0, 0.05) is 12.6 Å². The molecule has 0 unspecified atom stereocenters. The lowest BCUT2D eigenvalue weighted by molar-refractivity contribution is -0.132. The van der Waals surface area contributed by atoms with Crippen molar-refractivity contribution in [3.05, 3.63) is 29.3 Å². The molecular formula is C18H27NO2. The number of benzene rings is 1. The number of carbonyl (C=O) groups excluding carboxylic acids is 1. The Kier molecular flexibility index (Phi) is 5.27. The lowest BCUT2D eigenvalue weighted by Gasteiger charge is -2.24. The second-order valence-corrected chi connectivity index (χ2v) is 6.47. The molecule has 0 spiro atoms. The molecule has 1 amide bonds. The average molecular weight is 289 g/mol. The van der Waals surface area contributed by atoms with Crippen LogP contribution in [0.1, 0.15) is 44.2 Å². The molecule has 0 heterocycles. The highest BCUT2D eigenvalue weighted by Crippen LogP contribution is 2.28.